The number of likely N-dealkylation sites (N-methyl/N-ethyl adjacent to an activating group) is 1. The van der Waals surface area contributed by atoms with E-state index in [-0.39, 0.29) is 11.6 Å². The van der Waals surface area contributed by atoms with Gasteiger partial charge in [-0.3, -0.25) is 0 Å². The van der Waals surface area contributed by atoms with Crippen molar-refractivity contribution in [3.8, 4) is 0 Å². The fraction of sp³-hybridized carbons (Fsp3) is 0.538. The highest BCUT2D eigenvalue weighted by Crippen LogP contribution is 2.16. The number of thioether (sulfide) groups is 1. The molecule has 1 atom stereocenters. The van der Waals surface area contributed by atoms with Crippen molar-refractivity contribution < 1.29 is 8.78 Å². The van der Waals surface area contributed by atoms with Gasteiger partial charge in [-0.1, -0.05) is 13.0 Å². The SMILES string of the molecule is CCCSCC(Cc1c(F)cccc1F)NC. The van der Waals surface area contributed by atoms with Gasteiger partial charge in [-0.15, -0.1) is 0 Å². The summed E-state index contributed by atoms with van der Waals surface area (Å²) in [6, 6.07) is 4.13. The second-order valence-electron chi connectivity index (χ2n) is 3.96. The van der Waals surface area contributed by atoms with Gasteiger partial charge in [-0.25, -0.2) is 8.78 Å². The van der Waals surface area contributed by atoms with Crippen molar-refractivity contribution in [2.75, 3.05) is 18.6 Å². The van der Waals surface area contributed by atoms with Crippen LogP contribution in [0, 0.1) is 11.6 Å². The third-order valence-corrected chi connectivity index (χ3v) is 3.92. The Kier molecular flexibility index (Phi) is 6.52. The standard InChI is InChI=1S/C13H19F2NS/c1-3-7-17-9-10(16-2)8-11-12(14)5-4-6-13(11)15/h4-6,10,16H,3,7-9H2,1-2H3. The molecule has 0 fully saturated rings. The topological polar surface area (TPSA) is 12.0 Å². The van der Waals surface area contributed by atoms with Crippen molar-refractivity contribution >= 4 is 11.8 Å². The fourth-order valence-corrected chi connectivity index (χ4v) is 2.61. The van der Waals surface area contributed by atoms with E-state index in [1.54, 1.807) is 0 Å². The maximum Gasteiger partial charge on any atom is 0.129 e. The number of rotatable bonds is 7. The Bertz CT molecular complexity index is 324. The van der Waals surface area contributed by atoms with Crippen LogP contribution in [0.25, 0.3) is 0 Å². The molecule has 17 heavy (non-hydrogen) atoms. The highest BCUT2D eigenvalue weighted by atomic mass is 32.2. The summed E-state index contributed by atoms with van der Waals surface area (Å²) < 4.78 is 26.9. The minimum atomic E-state index is -0.453. The van der Waals surface area contributed by atoms with Crippen LogP contribution in [0.5, 0.6) is 0 Å². The molecule has 0 aliphatic carbocycles. The lowest BCUT2D eigenvalue weighted by Gasteiger charge is -2.16. The van der Waals surface area contributed by atoms with Gasteiger partial charge in [-0.05, 0) is 37.8 Å². The maximum atomic E-state index is 13.5. The molecule has 1 aromatic rings. The monoisotopic (exact) mass is 259 g/mol. The smallest absolute Gasteiger partial charge is 0.129 e. The van der Waals surface area contributed by atoms with Crippen LogP contribution >= 0.6 is 11.8 Å². The molecule has 1 rings (SSSR count). The quantitative estimate of drug-likeness (QED) is 0.754. The van der Waals surface area contributed by atoms with E-state index in [0.29, 0.717) is 6.42 Å². The number of nitrogens with one attached hydrogen (secondary N) is 1. The summed E-state index contributed by atoms with van der Waals surface area (Å²) in [7, 11) is 1.83. The van der Waals surface area contributed by atoms with E-state index in [0.717, 1.165) is 17.9 Å². The van der Waals surface area contributed by atoms with E-state index >= 15 is 0 Å². The van der Waals surface area contributed by atoms with Gasteiger partial charge in [0.15, 0.2) is 0 Å². The third kappa shape index (κ3) is 4.64. The predicted octanol–water partition coefficient (Wildman–Crippen LogP) is 3.24. The van der Waals surface area contributed by atoms with E-state index in [2.05, 4.69) is 12.2 Å². The van der Waals surface area contributed by atoms with Gasteiger partial charge in [0.2, 0.25) is 0 Å². The lowest BCUT2D eigenvalue weighted by atomic mass is 10.1. The van der Waals surface area contributed by atoms with E-state index < -0.39 is 11.6 Å². The zero-order chi connectivity index (χ0) is 12.7. The first-order valence-corrected chi connectivity index (χ1v) is 7.02. The molecule has 1 N–H and O–H groups in total. The van der Waals surface area contributed by atoms with Gasteiger partial charge in [0.05, 0.1) is 0 Å². The summed E-state index contributed by atoms with van der Waals surface area (Å²) in [6.07, 6.45) is 1.51. The molecule has 0 saturated heterocycles. The molecule has 1 nitrogen and oxygen atoms in total. The first kappa shape index (κ1) is 14.5. The van der Waals surface area contributed by atoms with Crippen LogP contribution in [0.4, 0.5) is 8.78 Å². The van der Waals surface area contributed by atoms with Crippen LogP contribution in [-0.2, 0) is 6.42 Å². The highest BCUT2D eigenvalue weighted by Gasteiger charge is 2.14. The van der Waals surface area contributed by atoms with E-state index in [4.69, 9.17) is 0 Å². The lowest BCUT2D eigenvalue weighted by molar-refractivity contribution is 0.524. The fourth-order valence-electron chi connectivity index (χ4n) is 1.59. The Morgan fingerprint density at radius 3 is 2.47 bits per heavy atom. The zero-order valence-corrected chi connectivity index (χ0v) is 11.1. The third-order valence-electron chi connectivity index (χ3n) is 2.59. The summed E-state index contributed by atoms with van der Waals surface area (Å²) in [5.41, 5.74) is 0.184. The average molecular weight is 259 g/mol. The number of halogens is 2. The van der Waals surface area contributed by atoms with E-state index in [1.165, 1.54) is 18.2 Å². The molecule has 1 unspecified atom stereocenters. The Hall–Kier alpha value is -0.610. The number of benzene rings is 1. The summed E-state index contributed by atoms with van der Waals surface area (Å²) in [6.45, 7) is 2.12. The molecule has 0 aliphatic heterocycles. The molecule has 96 valence electrons. The van der Waals surface area contributed by atoms with Crippen LogP contribution in [0.2, 0.25) is 0 Å². The Morgan fingerprint density at radius 1 is 1.29 bits per heavy atom. The van der Waals surface area contributed by atoms with Crippen LogP contribution < -0.4 is 5.32 Å². The predicted molar refractivity (Wildman–Crippen MR) is 70.5 cm³/mol. The van der Waals surface area contributed by atoms with Crippen LogP contribution in [0.15, 0.2) is 18.2 Å². The van der Waals surface area contributed by atoms with Crippen molar-refractivity contribution in [3.63, 3.8) is 0 Å². The first-order valence-electron chi connectivity index (χ1n) is 5.87. The van der Waals surface area contributed by atoms with Crippen molar-refractivity contribution in [1.82, 2.24) is 5.32 Å². The molecular formula is C13H19F2NS. The summed E-state index contributed by atoms with van der Waals surface area (Å²) >= 11 is 1.81. The molecule has 0 aliphatic rings. The van der Waals surface area contributed by atoms with Crippen molar-refractivity contribution in [2.45, 2.75) is 25.8 Å². The minimum Gasteiger partial charge on any atom is -0.316 e. The van der Waals surface area contributed by atoms with E-state index in [1.807, 2.05) is 18.8 Å². The normalized spacial score (nSPS) is 12.7. The zero-order valence-electron chi connectivity index (χ0n) is 10.3. The first-order chi connectivity index (χ1) is 8.19. The lowest BCUT2D eigenvalue weighted by Crippen LogP contribution is -2.31. The molecule has 0 aromatic heterocycles. The van der Waals surface area contributed by atoms with Gasteiger partial charge >= 0.3 is 0 Å². The second-order valence-corrected chi connectivity index (χ2v) is 5.11. The number of hydrogen-bond donors (Lipinski definition) is 1. The molecule has 4 heteroatoms. The molecule has 0 bridgehead atoms. The summed E-state index contributed by atoms with van der Waals surface area (Å²) in [5, 5.41) is 3.11. The molecule has 0 radical (unpaired) electrons. The van der Waals surface area contributed by atoms with Gasteiger partial charge < -0.3 is 5.32 Å². The highest BCUT2D eigenvalue weighted by molar-refractivity contribution is 7.99. The molecule has 0 amide bonds. The summed E-state index contributed by atoms with van der Waals surface area (Å²) in [5.74, 6) is 1.05. The van der Waals surface area contributed by atoms with Gasteiger partial charge in [0, 0.05) is 17.4 Å². The van der Waals surface area contributed by atoms with E-state index in [9.17, 15) is 8.78 Å². The van der Waals surface area contributed by atoms with Crippen molar-refractivity contribution in [3.05, 3.63) is 35.4 Å². The summed E-state index contributed by atoms with van der Waals surface area (Å²) in [4.78, 5) is 0. The molecule has 0 heterocycles. The Labute approximate surface area is 106 Å². The van der Waals surface area contributed by atoms with Crippen LogP contribution in [0.1, 0.15) is 18.9 Å². The average Bonchev–Trinajstić information content (AvgIpc) is 2.32. The Balaban J connectivity index is 2.60. The minimum absolute atomic E-state index is 0.109. The van der Waals surface area contributed by atoms with Crippen LogP contribution in [0.3, 0.4) is 0 Å². The van der Waals surface area contributed by atoms with Gasteiger partial charge in [0.25, 0.3) is 0 Å². The molecule has 0 saturated carbocycles. The number of hydrogen-bond acceptors (Lipinski definition) is 2. The van der Waals surface area contributed by atoms with Gasteiger partial charge in [0.1, 0.15) is 11.6 Å². The Morgan fingerprint density at radius 2 is 1.94 bits per heavy atom. The van der Waals surface area contributed by atoms with Crippen molar-refractivity contribution in [1.29, 1.82) is 0 Å². The molecular weight excluding hydrogens is 240 g/mol. The van der Waals surface area contributed by atoms with Crippen molar-refractivity contribution in [2.24, 2.45) is 0 Å². The molecule has 1 aromatic carbocycles. The van der Waals surface area contributed by atoms with Gasteiger partial charge in [-0.2, -0.15) is 11.8 Å². The maximum absolute atomic E-state index is 13.5. The largest absolute Gasteiger partial charge is 0.316 e. The van der Waals surface area contributed by atoms with Crippen LogP contribution in [-0.4, -0.2) is 24.6 Å². The molecule has 0 spiro atoms. The second kappa shape index (κ2) is 7.67.